The van der Waals surface area contributed by atoms with Gasteiger partial charge in [0.25, 0.3) is 10.1 Å². The highest BCUT2D eigenvalue weighted by Gasteiger charge is 2.61. The van der Waals surface area contributed by atoms with E-state index in [1.54, 1.807) is 36.4 Å². The Morgan fingerprint density at radius 1 is 1.35 bits per heavy atom. The summed E-state index contributed by atoms with van der Waals surface area (Å²) < 4.78 is 39.3. The molecule has 1 aliphatic heterocycles. The lowest BCUT2D eigenvalue weighted by Crippen LogP contribution is -2.49. The Kier molecular flexibility index (Phi) is 4.90. The van der Waals surface area contributed by atoms with E-state index in [0.717, 1.165) is 6.26 Å². The van der Waals surface area contributed by atoms with Gasteiger partial charge >= 0.3 is 11.9 Å². The molecule has 4 atom stereocenters. The fourth-order valence-corrected chi connectivity index (χ4v) is 4.43. The quantitative estimate of drug-likeness (QED) is 0.422. The van der Waals surface area contributed by atoms with E-state index in [2.05, 4.69) is 6.58 Å². The van der Waals surface area contributed by atoms with Gasteiger partial charge in [0.05, 0.1) is 11.8 Å². The number of rotatable bonds is 6. The van der Waals surface area contributed by atoms with E-state index in [1.807, 2.05) is 0 Å². The fraction of sp³-hybridized carbons (Fsp3) is 0.444. The summed E-state index contributed by atoms with van der Waals surface area (Å²) in [5, 5.41) is 0. The van der Waals surface area contributed by atoms with Gasteiger partial charge in [-0.3, -0.25) is 4.18 Å². The molecule has 1 saturated heterocycles. The number of esters is 2. The van der Waals surface area contributed by atoms with E-state index in [0.29, 0.717) is 12.0 Å². The van der Waals surface area contributed by atoms with Crippen molar-refractivity contribution >= 4 is 22.1 Å². The molecule has 3 rings (SSSR count). The zero-order valence-corrected chi connectivity index (χ0v) is 15.1. The molecule has 0 N–H and O–H groups in total. The fourth-order valence-electron chi connectivity index (χ4n) is 3.65. The van der Waals surface area contributed by atoms with Crippen LogP contribution >= 0.6 is 0 Å². The molecular formula is C18H20O7S. The number of hydrogen-bond donors (Lipinski definition) is 0. The van der Waals surface area contributed by atoms with Crippen LogP contribution in [0.3, 0.4) is 0 Å². The van der Waals surface area contributed by atoms with Crippen molar-refractivity contribution < 1.29 is 31.7 Å². The molecule has 1 aromatic rings. The van der Waals surface area contributed by atoms with E-state index in [9.17, 15) is 18.0 Å². The van der Waals surface area contributed by atoms with Crippen molar-refractivity contribution in [3.05, 3.63) is 48.6 Å². The van der Waals surface area contributed by atoms with Gasteiger partial charge in [0.2, 0.25) is 0 Å². The molecule has 0 unspecified atom stereocenters. The van der Waals surface area contributed by atoms with Gasteiger partial charge in [-0.2, -0.15) is 8.42 Å². The monoisotopic (exact) mass is 380 g/mol. The number of carbonyl (C=O) groups is 2. The Labute approximate surface area is 152 Å². The van der Waals surface area contributed by atoms with Crippen LogP contribution in [0.4, 0.5) is 0 Å². The molecule has 0 amide bonds. The number of ether oxygens (including phenoxy) is 2. The largest absolute Gasteiger partial charge is 0.456 e. The van der Waals surface area contributed by atoms with E-state index in [1.165, 1.54) is 0 Å². The van der Waals surface area contributed by atoms with Gasteiger partial charge in [-0.1, -0.05) is 24.3 Å². The van der Waals surface area contributed by atoms with Crippen LogP contribution in [0.1, 0.15) is 29.6 Å². The van der Waals surface area contributed by atoms with Gasteiger partial charge in [0.1, 0.15) is 12.2 Å². The third-order valence-electron chi connectivity index (χ3n) is 4.62. The number of benzene rings is 1. The minimum atomic E-state index is -3.86. The smallest absolute Gasteiger partial charge is 0.340 e. The van der Waals surface area contributed by atoms with Gasteiger partial charge in [0, 0.05) is 12.3 Å². The van der Waals surface area contributed by atoms with Crippen molar-refractivity contribution in [1.82, 2.24) is 0 Å². The first-order chi connectivity index (χ1) is 12.2. The second kappa shape index (κ2) is 6.85. The molecule has 0 aromatic heterocycles. The van der Waals surface area contributed by atoms with Crippen LogP contribution in [0, 0.1) is 5.92 Å². The van der Waals surface area contributed by atoms with Crippen molar-refractivity contribution in [3.8, 4) is 0 Å². The first-order valence-electron chi connectivity index (χ1n) is 8.23. The number of fused-ring (bicyclic) bond motifs is 2. The molecule has 140 valence electrons. The molecular weight excluding hydrogens is 360 g/mol. The molecule has 1 heterocycles. The molecule has 2 aliphatic rings. The third kappa shape index (κ3) is 3.66. The lowest BCUT2D eigenvalue weighted by molar-refractivity contribution is -0.152. The maximum Gasteiger partial charge on any atom is 0.340 e. The van der Waals surface area contributed by atoms with Crippen LogP contribution in [-0.4, -0.2) is 44.4 Å². The second-order valence-electron chi connectivity index (χ2n) is 6.65. The van der Waals surface area contributed by atoms with Crippen LogP contribution in [0.15, 0.2) is 43.0 Å². The molecule has 26 heavy (non-hydrogen) atoms. The van der Waals surface area contributed by atoms with Crippen molar-refractivity contribution in [2.75, 3.05) is 6.26 Å². The van der Waals surface area contributed by atoms with E-state index >= 15 is 0 Å². The number of allylic oxidation sites excluding steroid dienone is 1. The minimum absolute atomic E-state index is 0.0271. The summed E-state index contributed by atoms with van der Waals surface area (Å²) in [6.45, 7) is 3.69. The normalized spacial score (nSPS) is 30.5. The number of carbonyl (C=O) groups excluding carboxylic acids is 2. The maximum atomic E-state index is 12.4. The first-order valence-corrected chi connectivity index (χ1v) is 10.0. The Hall–Kier alpha value is -2.19. The van der Waals surface area contributed by atoms with Gasteiger partial charge in [0.15, 0.2) is 5.60 Å². The van der Waals surface area contributed by atoms with Crippen LogP contribution in [0.25, 0.3) is 0 Å². The summed E-state index contributed by atoms with van der Waals surface area (Å²) in [6.07, 6.45) is 1.62. The predicted octanol–water partition coefficient (Wildman–Crippen LogP) is 1.84. The van der Waals surface area contributed by atoms with E-state index in [4.69, 9.17) is 13.7 Å². The first kappa shape index (κ1) is 18.6. The summed E-state index contributed by atoms with van der Waals surface area (Å²) in [7, 11) is -3.86. The summed E-state index contributed by atoms with van der Waals surface area (Å²) >= 11 is 0. The average molecular weight is 380 g/mol. The zero-order valence-electron chi connectivity index (χ0n) is 14.3. The van der Waals surface area contributed by atoms with Crippen LogP contribution < -0.4 is 0 Å². The lowest BCUT2D eigenvalue weighted by atomic mass is 9.75. The van der Waals surface area contributed by atoms with Crippen LogP contribution in [0.2, 0.25) is 0 Å². The predicted molar refractivity (Wildman–Crippen MR) is 91.7 cm³/mol. The Balaban J connectivity index is 1.85. The molecule has 7 nitrogen and oxygen atoms in total. The molecule has 0 spiro atoms. The lowest BCUT2D eigenvalue weighted by Gasteiger charge is -2.37. The summed E-state index contributed by atoms with van der Waals surface area (Å²) in [6, 6.07) is 8.49. The van der Waals surface area contributed by atoms with Gasteiger partial charge < -0.3 is 9.47 Å². The topological polar surface area (TPSA) is 96.0 Å². The third-order valence-corrected chi connectivity index (χ3v) is 5.24. The van der Waals surface area contributed by atoms with Crippen molar-refractivity contribution in [2.45, 2.75) is 37.1 Å². The minimum Gasteiger partial charge on any atom is -0.456 e. The van der Waals surface area contributed by atoms with E-state index < -0.39 is 39.9 Å². The van der Waals surface area contributed by atoms with Crippen LogP contribution in [0.5, 0.6) is 0 Å². The summed E-state index contributed by atoms with van der Waals surface area (Å²) in [4.78, 5) is 24.7. The Bertz CT molecular complexity index is 817. The molecule has 8 heteroatoms. The standard InChI is InChI=1S/C18H20O7S/c1-3-7-13-10-18(25-26(2,21)22)11-14(23-17(18)20)15(13)24-16(19)12-8-5-4-6-9-12/h3-6,8-9,13-15H,1,7,10-11H2,2H3/t13-,14+,15+,18-/m0/s1. The Morgan fingerprint density at radius 3 is 2.65 bits per heavy atom. The van der Waals surface area contributed by atoms with E-state index in [-0.39, 0.29) is 18.8 Å². The van der Waals surface area contributed by atoms with Gasteiger partial charge in [-0.25, -0.2) is 9.59 Å². The van der Waals surface area contributed by atoms with Gasteiger partial charge in [-0.05, 0) is 25.0 Å². The summed E-state index contributed by atoms with van der Waals surface area (Å²) in [5.41, 5.74) is -1.17. The molecule has 0 radical (unpaired) electrons. The highest BCUT2D eigenvalue weighted by molar-refractivity contribution is 7.86. The van der Waals surface area contributed by atoms with Crippen molar-refractivity contribution in [1.29, 1.82) is 0 Å². The van der Waals surface area contributed by atoms with Crippen LogP contribution in [-0.2, 0) is 28.6 Å². The molecule has 1 aliphatic carbocycles. The highest BCUT2D eigenvalue weighted by atomic mass is 32.2. The molecule has 1 saturated carbocycles. The molecule has 2 fully saturated rings. The molecule has 1 aromatic carbocycles. The highest BCUT2D eigenvalue weighted by Crippen LogP contribution is 2.46. The average Bonchev–Trinajstić information content (AvgIpc) is 2.82. The van der Waals surface area contributed by atoms with Crippen molar-refractivity contribution in [3.63, 3.8) is 0 Å². The number of hydrogen-bond acceptors (Lipinski definition) is 7. The van der Waals surface area contributed by atoms with Gasteiger partial charge in [-0.15, -0.1) is 6.58 Å². The second-order valence-corrected chi connectivity index (χ2v) is 8.23. The SMILES string of the molecule is C=CC[C@H]1C[C@]2(OS(C)(=O)=O)C[C@@H](OC2=O)[C@@H]1OC(=O)c1ccccc1. The molecule has 2 bridgehead atoms. The Morgan fingerprint density at radius 2 is 2.04 bits per heavy atom. The zero-order chi connectivity index (χ0) is 18.9. The maximum absolute atomic E-state index is 12.4. The summed E-state index contributed by atoms with van der Waals surface area (Å²) in [5.74, 6) is -1.60. The van der Waals surface area contributed by atoms with Crippen molar-refractivity contribution in [2.24, 2.45) is 5.92 Å².